The lowest BCUT2D eigenvalue weighted by Crippen LogP contribution is -2.18. The third kappa shape index (κ3) is 4.11. The third-order valence-electron chi connectivity index (χ3n) is 4.95. The molecular weight excluding hydrogens is 448 g/mol. The summed E-state index contributed by atoms with van der Waals surface area (Å²) in [7, 11) is -4.04. The Kier molecular flexibility index (Phi) is 4.98. The van der Waals surface area contributed by atoms with Gasteiger partial charge < -0.3 is 19.2 Å². The number of hydrogen-bond donors (Lipinski definition) is 2. The molecule has 33 heavy (non-hydrogen) atoms. The minimum Gasteiger partial charge on any atom is -0.454 e. The fourth-order valence-electron chi connectivity index (χ4n) is 3.36. The van der Waals surface area contributed by atoms with Crippen LogP contribution in [0.3, 0.4) is 0 Å². The first-order valence-corrected chi connectivity index (χ1v) is 11.2. The van der Waals surface area contributed by atoms with Crippen molar-refractivity contribution in [3.63, 3.8) is 0 Å². The first kappa shape index (κ1) is 20.6. The molecule has 2 N–H and O–H groups in total. The number of para-hydroxylation sites is 1. The molecule has 0 aliphatic carbocycles. The number of hydrogen-bond acceptors (Lipinski definition) is 7. The van der Waals surface area contributed by atoms with Gasteiger partial charge >= 0.3 is 5.63 Å². The number of amides is 1. The zero-order valence-corrected chi connectivity index (χ0v) is 17.7. The molecule has 4 aromatic rings. The van der Waals surface area contributed by atoms with E-state index in [2.05, 4.69) is 10.0 Å². The van der Waals surface area contributed by atoms with Gasteiger partial charge in [0.15, 0.2) is 11.5 Å². The van der Waals surface area contributed by atoms with Crippen LogP contribution in [0.2, 0.25) is 0 Å². The van der Waals surface area contributed by atoms with Gasteiger partial charge in [-0.25, -0.2) is 13.2 Å². The highest BCUT2D eigenvalue weighted by Crippen LogP contribution is 2.34. The normalized spacial score (nSPS) is 12.5. The van der Waals surface area contributed by atoms with Crippen LogP contribution in [0.5, 0.6) is 11.5 Å². The first-order chi connectivity index (χ1) is 15.9. The highest BCUT2D eigenvalue weighted by molar-refractivity contribution is 7.92. The number of sulfonamides is 1. The average Bonchev–Trinajstić information content (AvgIpc) is 3.26. The molecule has 0 spiro atoms. The van der Waals surface area contributed by atoms with Crippen molar-refractivity contribution < 1.29 is 27.1 Å². The standard InChI is InChI=1S/C23H16N2O7S/c26-22-10-5-14-11-16(7-9-19(14)32-22)33(28,29)25-18-4-2-1-3-17(18)23(27)24-15-6-8-20-21(12-15)31-13-30-20/h1-12,25H,13H2,(H,24,27). The summed E-state index contributed by atoms with van der Waals surface area (Å²) in [4.78, 5) is 24.2. The van der Waals surface area contributed by atoms with Gasteiger partial charge in [-0.2, -0.15) is 0 Å². The van der Waals surface area contributed by atoms with E-state index in [0.717, 1.165) is 0 Å². The quantitative estimate of drug-likeness (QED) is 0.433. The van der Waals surface area contributed by atoms with Crippen LogP contribution in [-0.4, -0.2) is 21.1 Å². The molecule has 9 nitrogen and oxygen atoms in total. The van der Waals surface area contributed by atoms with Gasteiger partial charge in [0.05, 0.1) is 16.1 Å². The Hall–Kier alpha value is -4.31. The van der Waals surface area contributed by atoms with Gasteiger partial charge in [-0.3, -0.25) is 9.52 Å². The van der Waals surface area contributed by atoms with Crippen molar-refractivity contribution in [3.05, 3.63) is 88.8 Å². The second kappa shape index (κ2) is 7.99. The van der Waals surface area contributed by atoms with Crippen molar-refractivity contribution >= 4 is 38.3 Å². The Morgan fingerprint density at radius 1 is 0.879 bits per heavy atom. The van der Waals surface area contributed by atoms with E-state index in [9.17, 15) is 18.0 Å². The smallest absolute Gasteiger partial charge is 0.336 e. The number of anilines is 2. The minimum absolute atomic E-state index is 0.0465. The molecule has 0 atom stereocenters. The summed E-state index contributed by atoms with van der Waals surface area (Å²) in [6.07, 6.45) is 0. The lowest BCUT2D eigenvalue weighted by atomic mass is 10.1. The maximum absolute atomic E-state index is 13.0. The van der Waals surface area contributed by atoms with Crippen LogP contribution in [0, 0.1) is 0 Å². The van der Waals surface area contributed by atoms with Crippen LogP contribution in [0.15, 0.2) is 86.9 Å². The Morgan fingerprint density at radius 2 is 1.70 bits per heavy atom. The molecule has 0 unspecified atom stereocenters. The van der Waals surface area contributed by atoms with Crippen molar-refractivity contribution in [2.75, 3.05) is 16.8 Å². The summed E-state index contributed by atoms with van der Waals surface area (Å²) in [6.45, 7) is 0.109. The predicted octanol–water partition coefficient (Wildman–Crippen LogP) is 3.57. The molecule has 2 heterocycles. The van der Waals surface area contributed by atoms with Crippen LogP contribution in [0.25, 0.3) is 11.0 Å². The number of benzene rings is 3. The predicted molar refractivity (Wildman–Crippen MR) is 120 cm³/mol. The average molecular weight is 464 g/mol. The number of carbonyl (C=O) groups is 1. The highest BCUT2D eigenvalue weighted by Gasteiger charge is 2.20. The summed E-state index contributed by atoms with van der Waals surface area (Å²) < 4.78 is 44.1. The molecule has 10 heteroatoms. The number of fused-ring (bicyclic) bond motifs is 2. The fourth-order valence-corrected chi connectivity index (χ4v) is 4.48. The molecule has 0 saturated heterocycles. The zero-order chi connectivity index (χ0) is 23.0. The molecule has 1 aliphatic heterocycles. The van der Waals surface area contributed by atoms with Crippen molar-refractivity contribution in [1.29, 1.82) is 0 Å². The van der Waals surface area contributed by atoms with Gasteiger partial charge in [0.1, 0.15) is 5.58 Å². The molecule has 0 bridgehead atoms. The molecule has 0 saturated carbocycles. The molecular formula is C23H16N2O7S. The van der Waals surface area contributed by atoms with E-state index in [1.807, 2.05) is 0 Å². The van der Waals surface area contributed by atoms with Crippen LogP contribution in [0.4, 0.5) is 11.4 Å². The maximum Gasteiger partial charge on any atom is 0.336 e. The second-order valence-corrected chi connectivity index (χ2v) is 8.81. The van der Waals surface area contributed by atoms with E-state index in [-0.39, 0.29) is 28.5 Å². The molecule has 1 amide bonds. The van der Waals surface area contributed by atoms with E-state index >= 15 is 0 Å². The monoisotopic (exact) mass is 464 g/mol. The largest absolute Gasteiger partial charge is 0.454 e. The number of ether oxygens (including phenoxy) is 2. The molecule has 3 aromatic carbocycles. The number of carbonyl (C=O) groups excluding carboxylic acids is 1. The summed E-state index contributed by atoms with van der Waals surface area (Å²) in [6, 6.07) is 18.0. The van der Waals surface area contributed by atoms with Crippen LogP contribution in [-0.2, 0) is 10.0 Å². The Labute approximate surface area is 187 Å². The second-order valence-electron chi connectivity index (χ2n) is 7.13. The molecule has 166 valence electrons. The van der Waals surface area contributed by atoms with Crippen molar-refractivity contribution in [1.82, 2.24) is 0 Å². The molecule has 0 fully saturated rings. The maximum atomic E-state index is 13.0. The van der Waals surface area contributed by atoms with Crippen LogP contribution < -0.4 is 25.1 Å². The van der Waals surface area contributed by atoms with E-state index in [4.69, 9.17) is 13.9 Å². The lowest BCUT2D eigenvalue weighted by molar-refractivity contribution is 0.102. The Morgan fingerprint density at radius 3 is 2.58 bits per heavy atom. The van der Waals surface area contributed by atoms with E-state index < -0.39 is 21.6 Å². The van der Waals surface area contributed by atoms with Crippen LogP contribution >= 0.6 is 0 Å². The van der Waals surface area contributed by atoms with Gasteiger partial charge in [0, 0.05) is 23.2 Å². The lowest BCUT2D eigenvalue weighted by Gasteiger charge is -2.13. The van der Waals surface area contributed by atoms with E-state index in [1.165, 1.54) is 42.5 Å². The Bertz CT molecular complexity index is 1560. The molecule has 0 radical (unpaired) electrons. The van der Waals surface area contributed by atoms with Crippen molar-refractivity contribution in [2.24, 2.45) is 0 Å². The summed E-state index contributed by atoms with van der Waals surface area (Å²) in [5.41, 5.74) is 0.447. The molecule has 1 aromatic heterocycles. The minimum atomic E-state index is -4.04. The first-order valence-electron chi connectivity index (χ1n) is 9.76. The van der Waals surface area contributed by atoms with Gasteiger partial charge in [-0.15, -0.1) is 0 Å². The van der Waals surface area contributed by atoms with Crippen LogP contribution in [0.1, 0.15) is 10.4 Å². The molecule has 5 rings (SSSR count). The SMILES string of the molecule is O=C(Nc1ccc2c(c1)OCO2)c1ccccc1NS(=O)(=O)c1ccc2oc(=O)ccc2c1. The van der Waals surface area contributed by atoms with Gasteiger partial charge in [0.25, 0.3) is 15.9 Å². The summed E-state index contributed by atoms with van der Waals surface area (Å²) >= 11 is 0. The fraction of sp³-hybridized carbons (Fsp3) is 0.0435. The third-order valence-corrected chi connectivity index (χ3v) is 6.31. The van der Waals surface area contributed by atoms with Gasteiger partial charge in [-0.1, -0.05) is 12.1 Å². The topological polar surface area (TPSA) is 124 Å². The molecule has 1 aliphatic rings. The Balaban J connectivity index is 1.42. The van der Waals surface area contributed by atoms with Gasteiger partial charge in [0.2, 0.25) is 6.79 Å². The summed E-state index contributed by atoms with van der Waals surface area (Å²) in [5, 5.41) is 3.18. The summed E-state index contributed by atoms with van der Waals surface area (Å²) in [5.74, 6) is 0.581. The highest BCUT2D eigenvalue weighted by atomic mass is 32.2. The van der Waals surface area contributed by atoms with Crippen molar-refractivity contribution in [2.45, 2.75) is 4.90 Å². The zero-order valence-electron chi connectivity index (χ0n) is 16.9. The van der Waals surface area contributed by atoms with E-state index in [1.54, 1.807) is 30.3 Å². The van der Waals surface area contributed by atoms with E-state index in [0.29, 0.717) is 22.6 Å². The number of nitrogens with one attached hydrogen (secondary N) is 2. The van der Waals surface area contributed by atoms with Gasteiger partial charge in [-0.05, 0) is 48.5 Å². The number of rotatable bonds is 5. The van der Waals surface area contributed by atoms with Crippen molar-refractivity contribution in [3.8, 4) is 11.5 Å².